The second kappa shape index (κ2) is 36.0. The molecule has 0 saturated heterocycles. The van der Waals surface area contributed by atoms with Crippen LogP contribution in [-0.2, 0) is 104 Å². The summed E-state index contributed by atoms with van der Waals surface area (Å²) in [6, 6.07) is 91.2. The zero-order chi connectivity index (χ0) is 71.9. The van der Waals surface area contributed by atoms with Gasteiger partial charge < -0.3 is 77.0 Å². The van der Waals surface area contributed by atoms with Crippen LogP contribution in [-0.4, -0.2) is 0 Å². The third-order valence-electron chi connectivity index (χ3n) is 18.3. The molecule has 12 rings (SSSR count). The SMILES string of the molecule is CC(c1ccc(OCc2cc(OCc3ccc(CN)cc3)cc(OCc3ccc(CN)cc3)c2)cc1)(c1ccc(OCc2cc(OCc3ccc(CN)cc3)cc(OCc3ccc(CN)cc3)c2)cc1)c1ccc(OCc2cc(OCc3ccc(CN)cc3)cc(OCc3ccc(CN)cc3)c2)cc1. The minimum Gasteiger partial charge on any atom is -0.489 e. The van der Waals surface area contributed by atoms with E-state index in [2.05, 4.69) is 43.3 Å². The fraction of sp³-hybridized carbons (Fsp3) is 0.191. The smallest absolute Gasteiger partial charge is 0.123 e. The van der Waals surface area contributed by atoms with Crippen molar-refractivity contribution in [2.75, 3.05) is 0 Å². The average Bonchev–Trinajstić information content (AvgIpc) is 0.762. The molecule has 104 heavy (non-hydrogen) atoms. The quantitative estimate of drug-likeness (QED) is 0.0200. The highest BCUT2D eigenvalue weighted by Gasteiger charge is 2.32. The van der Waals surface area contributed by atoms with E-state index >= 15 is 0 Å². The Bertz CT molecular complexity index is 3980. The van der Waals surface area contributed by atoms with Crippen LogP contribution in [0, 0.1) is 0 Å². The maximum atomic E-state index is 6.60. The van der Waals surface area contributed by atoms with Crippen molar-refractivity contribution in [1.82, 2.24) is 0 Å². The summed E-state index contributed by atoms with van der Waals surface area (Å²) >= 11 is 0. The molecular formula is C89H90N6O9. The van der Waals surface area contributed by atoms with E-state index in [4.69, 9.17) is 77.0 Å². The van der Waals surface area contributed by atoms with Gasteiger partial charge in [-0.1, -0.05) is 182 Å². The second-order valence-corrected chi connectivity index (χ2v) is 25.9. The largest absolute Gasteiger partial charge is 0.489 e. The van der Waals surface area contributed by atoms with E-state index in [1.54, 1.807) is 0 Å². The molecule has 12 aromatic carbocycles. The molecule has 12 aromatic rings. The van der Waals surface area contributed by atoms with Crippen molar-refractivity contribution in [3.05, 3.63) is 373 Å². The van der Waals surface area contributed by atoms with E-state index in [1.165, 1.54) is 0 Å². The summed E-state index contributed by atoms with van der Waals surface area (Å²) in [6.45, 7) is 8.02. The van der Waals surface area contributed by atoms with Gasteiger partial charge in [0.05, 0.1) is 0 Å². The van der Waals surface area contributed by atoms with Gasteiger partial charge in [-0.05, 0) is 180 Å². The molecule has 0 unspecified atom stereocenters. The molecule has 0 amide bonds. The molecule has 0 atom stereocenters. The number of hydrogen-bond donors (Lipinski definition) is 6. The highest BCUT2D eigenvalue weighted by Crippen LogP contribution is 2.41. The lowest BCUT2D eigenvalue weighted by Gasteiger charge is -2.32. The van der Waals surface area contributed by atoms with Crippen LogP contribution in [0.15, 0.2) is 273 Å². The van der Waals surface area contributed by atoms with Crippen LogP contribution in [0.1, 0.15) is 107 Å². The van der Waals surface area contributed by atoms with Gasteiger partial charge in [0.15, 0.2) is 0 Å². The van der Waals surface area contributed by atoms with E-state index < -0.39 is 5.41 Å². The second-order valence-electron chi connectivity index (χ2n) is 25.9. The number of ether oxygens (including phenoxy) is 9. The summed E-state index contributed by atoms with van der Waals surface area (Å²) in [5.74, 6) is 6.00. The van der Waals surface area contributed by atoms with Crippen LogP contribution in [0.25, 0.3) is 0 Å². The molecule has 0 heterocycles. The Balaban J connectivity index is 0.793. The molecule has 0 saturated carbocycles. The first-order chi connectivity index (χ1) is 51.0. The third-order valence-corrected chi connectivity index (χ3v) is 18.3. The fourth-order valence-electron chi connectivity index (χ4n) is 11.9. The van der Waals surface area contributed by atoms with E-state index in [-0.39, 0.29) is 19.8 Å². The first-order valence-electron chi connectivity index (χ1n) is 35.0. The molecule has 15 nitrogen and oxygen atoms in total. The lowest BCUT2D eigenvalue weighted by atomic mass is 9.71. The van der Waals surface area contributed by atoms with Crippen molar-refractivity contribution in [2.45, 2.75) is 111 Å². The Morgan fingerprint density at radius 1 is 0.173 bits per heavy atom. The number of rotatable bonds is 36. The minimum absolute atomic E-state index is 0.253. The normalized spacial score (nSPS) is 11.2. The van der Waals surface area contributed by atoms with Gasteiger partial charge in [0.1, 0.15) is 111 Å². The Hall–Kier alpha value is -11.4. The Labute approximate surface area is 609 Å². The van der Waals surface area contributed by atoms with Gasteiger partial charge in [-0.2, -0.15) is 0 Å². The van der Waals surface area contributed by atoms with Crippen molar-refractivity contribution in [1.29, 1.82) is 0 Å². The number of hydrogen-bond acceptors (Lipinski definition) is 15. The topological polar surface area (TPSA) is 239 Å². The van der Waals surface area contributed by atoms with Crippen LogP contribution >= 0.6 is 0 Å². The standard InChI is InChI=1S/C89H90N6O9/c1-89(77-26-32-80(33-27-77)96-59-74-38-83(99-53-68-14-2-62(47-90)3-15-68)44-84(39-74)100-54-69-16-4-63(48-91)5-17-69,78-28-34-81(35-29-78)97-60-75-40-85(101-55-70-18-6-64(49-92)7-19-70)45-86(41-75)102-56-71-20-8-65(50-93)9-21-71)79-30-36-82(37-31-79)98-61-76-42-87(103-57-72-22-10-66(51-94)11-23-72)46-88(43-76)104-58-73-24-12-67(52-95)13-25-73/h2-46H,47-61,90-95H2,1H3. The van der Waals surface area contributed by atoms with Crippen molar-refractivity contribution in [3.8, 4) is 51.7 Å². The first kappa shape index (κ1) is 72.4. The van der Waals surface area contributed by atoms with E-state index in [9.17, 15) is 0 Å². The lowest BCUT2D eigenvalue weighted by molar-refractivity contribution is 0.281. The molecule has 0 spiro atoms. The van der Waals surface area contributed by atoms with Gasteiger partial charge in [-0.25, -0.2) is 0 Å². The molecular weight excluding hydrogens is 1300 g/mol. The zero-order valence-corrected chi connectivity index (χ0v) is 58.7. The van der Waals surface area contributed by atoms with Crippen LogP contribution in [0.2, 0.25) is 0 Å². The van der Waals surface area contributed by atoms with Crippen LogP contribution < -0.4 is 77.0 Å². The summed E-state index contributed by atoms with van der Waals surface area (Å²) < 4.78 is 58.2. The molecule has 0 fully saturated rings. The van der Waals surface area contributed by atoms with E-state index in [0.29, 0.717) is 131 Å². The number of benzene rings is 12. The molecule has 0 aromatic heterocycles. The molecule has 0 aliphatic carbocycles. The van der Waals surface area contributed by atoms with Gasteiger partial charge in [-0.3, -0.25) is 0 Å². The predicted octanol–water partition coefficient (Wildman–Crippen LogP) is 16.0. The minimum atomic E-state index is -0.691. The summed E-state index contributed by atoms with van der Waals surface area (Å²) in [7, 11) is 0. The monoisotopic (exact) mass is 1390 g/mol. The van der Waals surface area contributed by atoms with Crippen molar-refractivity contribution >= 4 is 0 Å². The lowest BCUT2D eigenvalue weighted by Crippen LogP contribution is -2.25. The highest BCUT2D eigenvalue weighted by molar-refractivity contribution is 5.53. The van der Waals surface area contributed by atoms with Crippen molar-refractivity contribution < 1.29 is 42.6 Å². The zero-order valence-electron chi connectivity index (χ0n) is 58.7. The Kier molecular flexibility index (Phi) is 25.0. The summed E-state index contributed by atoms with van der Waals surface area (Å²) in [6.07, 6.45) is 0. The maximum Gasteiger partial charge on any atom is 0.123 e. The number of nitrogens with two attached hydrogens (primary N) is 6. The van der Waals surface area contributed by atoms with Gasteiger partial charge >= 0.3 is 0 Å². The summed E-state index contributed by atoms with van der Waals surface area (Å²) in [5, 5.41) is 0. The highest BCUT2D eigenvalue weighted by atomic mass is 16.5. The maximum absolute atomic E-state index is 6.60. The molecule has 0 aliphatic heterocycles. The molecule has 530 valence electrons. The molecule has 15 heteroatoms. The van der Waals surface area contributed by atoms with Crippen LogP contribution in [0.4, 0.5) is 0 Å². The van der Waals surface area contributed by atoms with Crippen LogP contribution in [0.5, 0.6) is 51.7 Å². The van der Waals surface area contributed by atoms with Gasteiger partial charge in [-0.15, -0.1) is 0 Å². The van der Waals surface area contributed by atoms with E-state index in [1.807, 2.05) is 237 Å². The fourth-order valence-corrected chi connectivity index (χ4v) is 11.9. The Morgan fingerprint density at radius 2 is 0.317 bits per heavy atom. The van der Waals surface area contributed by atoms with Crippen LogP contribution in [0.3, 0.4) is 0 Å². The predicted molar refractivity (Wildman–Crippen MR) is 409 cm³/mol. The average molecular weight is 1390 g/mol. The Morgan fingerprint density at radius 3 is 0.481 bits per heavy atom. The van der Waals surface area contributed by atoms with Crippen molar-refractivity contribution in [3.63, 3.8) is 0 Å². The van der Waals surface area contributed by atoms with Gasteiger partial charge in [0.25, 0.3) is 0 Å². The molecule has 0 bridgehead atoms. The van der Waals surface area contributed by atoms with Gasteiger partial charge in [0.2, 0.25) is 0 Å². The van der Waals surface area contributed by atoms with Gasteiger partial charge in [0, 0.05) is 62.9 Å². The summed E-state index contributed by atoms with van der Waals surface area (Å²) in [4.78, 5) is 0. The van der Waals surface area contributed by atoms with E-state index in [0.717, 1.165) is 100 Å². The van der Waals surface area contributed by atoms with Crippen molar-refractivity contribution in [2.24, 2.45) is 34.4 Å². The first-order valence-corrected chi connectivity index (χ1v) is 35.0. The molecule has 0 radical (unpaired) electrons. The molecule has 12 N–H and O–H groups in total. The third kappa shape index (κ3) is 20.2. The molecule has 0 aliphatic rings. The summed E-state index contributed by atoms with van der Waals surface area (Å²) in [5.41, 5.74) is 52.8.